The lowest BCUT2D eigenvalue weighted by Gasteiger charge is -2.51. The zero-order chi connectivity index (χ0) is 38.1. The number of likely N-dealkylation sites (tertiary alicyclic amines) is 1. The zero-order valence-electron chi connectivity index (χ0n) is 32.0. The number of rotatable bonds is 9. The molecule has 1 saturated heterocycles. The van der Waals surface area contributed by atoms with Gasteiger partial charge in [0, 0.05) is 78.8 Å². The van der Waals surface area contributed by atoms with Crippen molar-refractivity contribution in [2.75, 3.05) is 33.5 Å². The third-order valence-corrected chi connectivity index (χ3v) is 12.6. The standard InChI is InChI=1S/C43H55N7O4/c1-5-39(51)49-27(3)23-35(33-11-7-9-13-37(33)49)45-30-15-17-31(18-16-30)47-42(54)48-25-29(26-48)43(41(44)53)21-19-32(20-22-43)46-36-24-28(4)50(40(52)6-2)38-14-10-8-12-34(36)38/h7-18,27-29,32,35-36,45-46H,5-6,19-26H2,1-4H3,(H2,44,53)(H,47,54)/t27-,28-,32?,35+,36+,43?/m0/s1. The minimum absolute atomic E-state index is 0.0293. The van der Waals surface area contributed by atoms with Crippen molar-refractivity contribution in [2.45, 2.75) is 109 Å². The first kappa shape index (κ1) is 37.4. The summed E-state index contributed by atoms with van der Waals surface area (Å²) in [7, 11) is 0. The van der Waals surface area contributed by atoms with Crippen LogP contribution in [-0.4, -0.2) is 59.9 Å². The number of para-hydroxylation sites is 2. The Labute approximate surface area is 319 Å². The fraction of sp³-hybridized carbons (Fsp3) is 0.488. The van der Waals surface area contributed by atoms with Crippen LogP contribution in [0.2, 0.25) is 0 Å². The number of nitrogens with zero attached hydrogens (tertiary/aromatic N) is 3. The third kappa shape index (κ3) is 7.06. The number of benzene rings is 3. The van der Waals surface area contributed by atoms with Gasteiger partial charge in [-0.3, -0.25) is 14.4 Å². The van der Waals surface area contributed by atoms with Gasteiger partial charge < -0.3 is 36.4 Å². The van der Waals surface area contributed by atoms with Crippen LogP contribution in [-0.2, 0) is 14.4 Å². The van der Waals surface area contributed by atoms with E-state index in [4.69, 9.17) is 5.73 Å². The molecule has 11 nitrogen and oxygen atoms in total. The summed E-state index contributed by atoms with van der Waals surface area (Å²) in [5, 5.41) is 10.6. The molecule has 5 N–H and O–H groups in total. The predicted molar refractivity (Wildman–Crippen MR) is 213 cm³/mol. The Morgan fingerprint density at radius 3 is 1.76 bits per heavy atom. The first-order valence-electron chi connectivity index (χ1n) is 19.8. The van der Waals surface area contributed by atoms with E-state index in [1.807, 2.05) is 84.3 Å². The van der Waals surface area contributed by atoms with Gasteiger partial charge >= 0.3 is 6.03 Å². The number of nitrogens with two attached hydrogens (primary N) is 1. The Kier molecular flexibility index (Phi) is 10.7. The second-order valence-electron chi connectivity index (χ2n) is 15.8. The molecule has 286 valence electrons. The number of urea groups is 1. The van der Waals surface area contributed by atoms with Crippen molar-refractivity contribution in [1.29, 1.82) is 0 Å². The summed E-state index contributed by atoms with van der Waals surface area (Å²) in [6.07, 6.45) is 5.60. The number of primary amides is 1. The van der Waals surface area contributed by atoms with Crippen molar-refractivity contribution >= 4 is 46.5 Å². The fourth-order valence-electron chi connectivity index (χ4n) is 9.51. The molecule has 5 amide bonds. The number of nitrogens with one attached hydrogen (secondary N) is 3. The van der Waals surface area contributed by atoms with Gasteiger partial charge in [-0.1, -0.05) is 50.2 Å². The first-order valence-corrected chi connectivity index (χ1v) is 19.8. The summed E-state index contributed by atoms with van der Waals surface area (Å²) >= 11 is 0. The topological polar surface area (TPSA) is 140 Å². The maximum Gasteiger partial charge on any atom is 0.321 e. The second kappa shape index (κ2) is 15.5. The molecule has 3 aromatic rings. The number of amides is 5. The highest BCUT2D eigenvalue weighted by Gasteiger charge is 2.52. The van der Waals surface area contributed by atoms with E-state index in [1.165, 1.54) is 0 Å². The van der Waals surface area contributed by atoms with Crippen molar-refractivity contribution in [2.24, 2.45) is 17.1 Å². The predicted octanol–water partition coefficient (Wildman–Crippen LogP) is 7.12. The Morgan fingerprint density at radius 2 is 1.22 bits per heavy atom. The van der Waals surface area contributed by atoms with Gasteiger partial charge in [0.15, 0.2) is 0 Å². The summed E-state index contributed by atoms with van der Waals surface area (Å²) in [5.74, 6) is 0.0336. The summed E-state index contributed by atoms with van der Waals surface area (Å²) in [6, 6.07) is 24.4. The minimum Gasteiger partial charge on any atom is -0.378 e. The van der Waals surface area contributed by atoms with E-state index in [0.717, 1.165) is 53.9 Å². The summed E-state index contributed by atoms with van der Waals surface area (Å²) in [6.45, 7) is 9.01. The number of carbonyl (C=O) groups is 4. The minimum atomic E-state index is -0.625. The molecule has 4 aliphatic rings. The molecule has 1 saturated carbocycles. The van der Waals surface area contributed by atoms with Crippen LogP contribution in [0.3, 0.4) is 0 Å². The molecule has 0 bridgehead atoms. The lowest BCUT2D eigenvalue weighted by molar-refractivity contribution is -0.138. The molecular formula is C43H55N7O4. The molecule has 7 rings (SSSR count). The number of carbonyl (C=O) groups excluding carboxylic acids is 4. The van der Waals surface area contributed by atoms with Crippen LogP contribution >= 0.6 is 0 Å². The van der Waals surface area contributed by atoms with Gasteiger partial charge in [-0.05, 0) is 99.9 Å². The molecule has 0 unspecified atom stereocenters. The van der Waals surface area contributed by atoms with Gasteiger partial charge in [0.2, 0.25) is 17.7 Å². The molecule has 3 aromatic carbocycles. The van der Waals surface area contributed by atoms with Gasteiger partial charge in [-0.25, -0.2) is 4.79 Å². The first-order chi connectivity index (χ1) is 26.0. The van der Waals surface area contributed by atoms with Crippen LogP contribution in [0.5, 0.6) is 0 Å². The maximum absolute atomic E-state index is 13.3. The molecule has 0 radical (unpaired) electrons. The van der Waals surface area contributed by atoms with E-state index in [2.05, 4.69) is 41.9 Å². The largest absolute Gasteiger partial charge is 0.378 e. The highest BCUT2D eigenvalue weighted by atomic mass is 16.2. The molecule has 1 aliphatic carbocycles. The van der Waals surface area contributed by atoms with E-state index in [1.54, 1.807) is 4.90 Å². The number of hydrogen-bond donors (Lipinski definition) is 4. The fourth-order valence-corrected chi connectivity index (χ4v) is 9.51. The molecule has 4 atom stereocenters. The molecule has 3 aliphatic heterocycles. The molecule has 0 aromatic heterocycles. The Bertz CT molecular complexity index is 1870. The molecular weight excluding hydrogens is 679 g/mol. The van der Waals surface area contributed by atoms with E-state index in [9.17, 15) is 19.2 Å². The van der Waals surface area contributed by atoms with Crippen LogP contribution in [0.15, 0.2) is 72.8 Å². The van der Waals surface area contributed by atoms with Crippen molar-refractivity contribution in [3.63, 3.8) is 0 Å². The second-order valence-corrected chi connectivity index (χ2v) is 15.8. The molecule has 3 heterocycles. The van der Waals surface area contributed by atoms with Gasteiger partial charge in [-0.2, -0.15) is 0 Å². The van der Waals surface area contributed by atoms with Crippen LogP contribution < -0.4 is 31.5 Å². The number of anilines is 4. The maximum atomic E-state index is 13.3. The average Bonchev–Trinajstić information content (AvgIpc) is 3.15. The quantitative estimate of drug-likeness (QED) is 0.185. The lowest BCUT2D eigenvalue weighted by Crippen LogP contribution is -2.62. The summed E-state index contributed by atoms with van der Waals surface area (Å²) in [4.78, 5) is 57.5. The van der Waals surface area contributed by atoms with Gasteiger partial charge in [0.25, 0.3) is 0 Å². The van der Waals surface area contributed by atoms with Gasteiger partial charge in [0.05, 0.1) is 11.5 Å². The highest BCUT2D eigenvalue weighted by molar-refractivity contribution is 5.96. The van der Waals surface area contributed by atoms with E-state index >= 15 is 0 Å². The number of hydrogen-bond acceptors (Lipinski definition) is 6. The molecule has 54 heavy (non-hydrogen) atoms. The Hall–Kier alpha value is -4.90. The normalized spacial score (nSPS) is 26.6. The summed E-state index contributed by atoms with van der Waals surface area (Å²) in [5.41, 5.74) is 11.3. The van der Waals surface area contributed by atoms with Crippen molar-refractivity contribution in [1.82, 2.24) is 10.2 Å². The molecule has 11 heteroatoms. The van der Waals surface area contributed by atoms with Crippen LogP contribution in [0.4, 0.5) is 27.5 Å². The van der Waals surface area contributed by atoms with Crippen molar-refractivity contribution < 1.29 is 19.2 Å². The summed E-state index contributed by atoms with van der Waals surface area (Å²) < 4.78 is 0. The van der Waals surface area contributed by atoms with E-state index in [0.29, 0.717) is 44.5 Å². The molecule has 0 spiro atoms. The van der Waals surface area contributed by atoms with Crippen LogP contribution in [0, 0.1) is 11.3 Å². The van der Waals surface area contributed by atoms with Crippen molar-refractivity contribution in [3.05, 3.63) is 83.9 Å². The SMILES string of the molecule is CCC(=O)N1c2ccccc2[C@H](Nc2ccc(NC(=O)N3CC(C4(C(N)=O)CCC(N[C@@H]5C[C@H](C)N(C(=O)CC)c6ccccc65)CC4)C3)cc2)C[C@@H]1C. The van der Waals surface area contributed by atoms with E-state index in [-0.39, 0.29) is 59.9 Å². The average molecular weight is 734 g/mol. The van der Waals surface area contributed by atoms with Crippen LogP contribution in [0.25, 0.3) is 0 Å². The smallest absolute Gasteiger partial charge is 0.321 e. The van der Waals surface area contributed by atoms with Gasteiger partial charge in [0.1, 0.15) is 0 Å². The third-order valence-electron chi connectivity index (χ3n) is 12.6. The monoisotopic (exact) mass is 733 g/mol. The van der Waals surface area contributed by atoms with Gasteiger partial charge in [-0.15, -0.1) is 0 Å². The Morgan fingerprint density at radius 1 is 0.722 bits per heavy atom. The molecule has 2 fully saturated rings. The number of fused-ring (bicyclic) bond motifs is 2. The lowest BCUT2D eigenvalue weighted by atomic mass is 9.62. The van der Waals surface area contributed by atoms with Crippen molar-refractivity contribution in [3.8, 4) is 0 Å². The van der Waals surface area contributed by atoms with Crippen LogP contribution in [0.1, 0.15) is 102 Å². The highest BCUT2D eigenvalue weighted by Crippen LogP contribution is 2.47. The van der Waals surface area contributed by atoms with E-state index < -0.39 is 5.41 Å². The Balaban J connectivity index is 0.919. The zero-order valence-corrected chi connectivity index (χ0v) is 32.0.